The van der Waals surface area contributed by atoms with Gasteiger partial charge < -0.3 is 20.0 Å². The number of carboxylic acid groups (broad SMARTS) is 2. The van der Waals surface area contributed by atoms with Gasteiger partial charge in [0, 0.05) is 51.2 Å². The number of aryl methyl sites for hydroxylation is 3. The fourth-order valence-electron chi connectivity index (χ4n) is 6.65. The molecule has 0 aliphatic heterocycles. The number of benzene rings is 2. The van der Waals surface area contributed by atoms with Crippen LogP contribution >= 0.6 is 12.4 Å². The number of anilines is 2. The number of alkyl halides is 6. The van der Waals surface area contributed by atoms with Gasteiger partial charge in [0.15, 0.2) is 5.82 Å². The molecule has 0 bridgehead atoms. The Balaban J connectivity index is 0.00000118. The van der Waals surface area contributed by atoms with Gasteiger partial charge in [0.05, 0.1) is 11.1 Å². The fraction of sp³-hybridized carbons (Fsp3) is 0.529. The zero-order valence-corrected chi connectivity index (χ0v) is 27.9. The van der Waals surface area contributed by atoms with Gasteiger partial charge in [-0.25, -0.2) is 4.79 Å². The minimum atomic E-state index is -4.90. The Morgan fingerprint density at radius 2 is 1.42 bits per heavy atom. The molecule has 14 heteroatoms. The van der Waals surface area contributed by atoms with Crippen LogP contribution in [0.2, 0.25) is 0 Å². The third kappa shape index (κ3) is 10.7. The molecule has 1 aromatic heterocycles. The molecule has 5 rings (SSSR count). The summed E-state index contributed by atoms with van der Waals surface area (Å²) in [4.78, 5) is 12.8. The van der Waals surface area contributed by atoms with Crippen LogP contribution in [0, 0.1) is 5.92 Å². The molecule has 0 saturated heterocycles. The van der Waals surface area contributed by atoms with Crippen LogP contribution in [0.1, 0.15) is 85.3 Å². The van der Waals surface area contributed by atoms with Crippen molar-refractivity contribution < 1.29 is 41.4 Å². The number of nitrogens with zero attached hydrogens (tertiary/aromatic N) is 4. The van der Waals surface area contributed by atoms with Crippen molar-refractivity contribution in [2.75, 3.05) is 22.9 Å². The second-order valence-corrected chi connectivity index (χ2v) is 12.4. The second-order valence-electron chi connectivity index (χ2n) is 12.4. The molecule has 1 fully saturated rings. The predicted molar refractivity (Wildman–Crippen MR) is 175 cm³/mol. The summed E-state index contributed by atoms with van der Waals surface area (Å²) in [5.74, 6) is 1.10. The topological polar surface area (TPSA) is 81.8 Å². The van der Waals surface area contributed by atoms with E-state index < -0.39 is 29.6 Å². The lowest BCUT2D eigenvalue weighted by Gasteiger charge is -2.34. The number of rotatable bonds is 9. The molecule has 1 heterocycles. The van der Waals surface area contributed by atoms with Crippen molar-refractivity contribution in [3.63, 3.8) is 0 Å². The Bertz CT molecular complexity index is 1470. The van der Waals surface area contributed by atoms with Crippen LogP contribution < -0.4 is 9.80 Å². The van der Waals surface area contributed by atoms with Crippen molar-refractivity contribution in [3.8, 4) is 0 Å². The Hall–Kier alpha value is -3.61. The average Bonchev–Trinajstić information content (AvgIpc) is 3.44. The van der Waals surface area contributed by atoms with Crippen molar-refractivity contribution in [3.05, 3.63) is 76.0 Å². The van der Waals surface area contributed by atoms with E-state index in [1.165, 1.54) is 43.2 Å². The van der Waals surface area contributed by atoms with E-state index in [1.54, 1.807) is 28.9 Å². The van der Waals surface area contributed by atoms with Crippen molar-refractivity contribution in [1.82, 2.24) is 9.78 Å². The summed E-state index contributed by atoms with van der Waals surface area (Å²) in [6.07, 6.45) is 0.451. The molecule has 2 aromatic carbocycles. The quantitative estimate of drug-likeness (QED) is 0.216. The molecule has 2 N–H and O–H groups in total. The molecule has 266 valence electrons. The summed E-state index contributed by atoms with van der Waals surface area (Å²) in [6, 6.07) is 8.08. The predicted octanol–water partition coefficient (Wildman–Crippen LogP) is 9.59. The third-order valence-corrected chi connectivity index (χ3v) is 8.87. The minimum Gasteiger partial charge on any atom is -0.450 e. The summed E-state index contributed by atoms with van der Waals surface area (Å²) in [5.41, 5.74) is 2.06. The number of hydrogen-bond acceptors (Lipinski definition) is 4. The van der Waals surface area contributed by atoms with Gasteiger partial charge in [0.2, 0.25) is 0 Å². The molecule has 48 heavy (non-hydrogen) atoms. The van der Waals surface area contributed by atoms with Gasteiger partial charge >= 0.3 is 18.5 Å². The van der Waals surface area contributed by atoms with Gasteiger partial charge in [-0.1, -0.05) is 25.3 Å². The summed E-state index contributed by atoms with van der Waals surface area (Å²) in [6.45, 7) is 4.04. The Labute approximate surface area is 282 Å². The number of halogens is 7. The highest BCUT2D eigenvalue weighted by molar-refractivity contribution is 5.85. The van der Waals surface area contributed by atoms with Gasteiger partial charge in [0.25, 0.3) is 0 Å². The molecule has 0 amide bonds. The maximum Gasteiger partial charge on any atom is 0.503 e. The van der Waals surface area contributed by atoms with Crippen LogP contribution in [0.15, 0.2) is 42.6 Å². The Morgan fingerprint density at radius 1 is 0.854 bits per heavy atom. The van der Waals surface area contributed by atoms with Gasteiger partial charge in [0.1, 0.15) is 0 Å². The first kappa shape index (κ1) is 38.8. The Kier molecular flexibility index (Phi) is 13.5. The fourth-order valence-corrected chi connectivity index (χ4v) is 6.65. The molecule has 0 unspecified atom stereocenters. The maximum absolute atomic E-state index is 13.7. The lowest BCUT2D eigenvalue weighted by atomic mass is 9.87. The van der Waals surface area contributed by atoms with E-state index in [9.17, 15) is 26.3 Å². The smallest absolute Gasteiger partial charge is 0.450 e. The second kappa shape index (κ2) is 16.7. The van der Waals surface area contributed by atoms with E-state index in [2.05, 4.69) is 29.1 Å². The molecule has 3 aromatic rings. The first-order valence-corrected chi connectivity index (χ1v) is 16.0. The van der Waals surface area contributed by atoms with Gasteiger partial charge in [-0.3, -0.25) is 4.68 Å². The number of hydrogen-bond donors (Lipinski definition) is 2. The van der Waals surface area contributed by atoms with E-state index in [0.29, 0.717) is 18.3 Å². The number of carbonyl (C=O) groups is 1. The van der Waals surface area contributed by atoms with Crippen LogP contribution in [0.4, 0.5) is 42.6 Å². The first-order valence-electron chi connectivity index (χ1n) is 16.0. The zero-order chi connectivity index (χ0) is 34.4. The van der Waals surface area contributed by atoms with Gasteiger partial charge in [-0.2, -0.15) is 31.4 Å². The molecule has 1 saturated carbocycles. The van der Waals surface area contributed by atoms with Gasteiger partial charge in [-0.05, 0) is 97.9 Å². The molecule has 2 aliphatic rings. The summed E-state index contributed by atoms with van der Waals surface area (Å²) in [5, 5.41) is 18.5. The average molecular weight is 705 g/mol. The standard InChI is InChI=1S/C33H40F6N4.CH2O3.ClH/c1-3-42(20-23-9-5-4-6-10-23)30-18-26-12-8-7-11-25(26)17-27(30)22-43(31-13-14-41(2)40-31)21-24-15-28(32(34,35)36)19-29(16-24)33(37,38)39;2-1(3)4;/h13-19,23H,3-12,20-22H2,1-2H3;(H2,2,3,4);1H. The van der Waals surface area contributed by atoms with Crippen molar-refractivity contribution >= 4 is 30.1 Å². The minimum absolute atomic E-state index is 0. The Morgan fingerprint density at radius 3 is 1.92 bits per heavy atom. The molecular formula is C34H43ClF6N4O3. The zero-order valence-electron chi connectivity index (χ0n) is 27.1. The highest BCUT2D eigenvalue weighted by Crippen LogP contribution is 2.38. The largest absolute Gasteiger partial charge is 0.503 e. The lowest BCUT2D eigenvalue weighted by molar-refractivity contribution is -0.143. The van der Waals surface area contributed by atoms with Crippen molar-refractivity contribution in [2.45, 2.75) is 90.2 Å². The monoisotopic (exact) mass is 704 g/mol. The number of aromatic nitrogens is 2. The van der Waals surface area contributed by atoms with Crippen molar-refractivity contribution in [2.24, 2.45) is 13.0 Å². The molecular weight excluding hydrogens is 662 g/mol. The SMILES string of the molecule is CCN(CC1CCCCC1)c1cc2c(cc1CN(Cc1cc(C(F)(F)F)cc(C(F)(F)F)c1)c1ccn(C)n1)CCCC2.Cl.O=C(O)O. The van der Waals surface area contributed by atoms with E-state index in [4.69, 9.17) is 15.0 Å². The molecule has 0 radical (unpaired) electrons. The van der Waals surface area contributed by atoms with Crippen LogP contribution in [-0.4, -0.2) is 39.2 Å². The van der Waals surface area contributed by atoms with Crippen LogP contribution in [0.3, 0.4) is 0 Å². The first-order chi connectivity index (χ1) is 22.1. The highest BCUT2D eigenvalue weighted by Gasteiger charge is 2.37. The molecule has 0 atom stereocenters. The van der Waals surface area contributed by atoms with Crippen LogP contribution in [-0.2, 0) is 45.3 Å². The van der Waals surface area contributed by atoms with Crippen LogP contribution in [0.5, 0.6) is 0 Å². The summed E-state index contributed by atoms with van der Waals surface area (Å²) in [7, 11) is 1.74. The highest BCUT2D eigenvalue weighted by atomic mass is 35.5. The van der Waals surface area contributed by atoms with Crippen molar-refractivity contribution in [1.29, 1.82) is 0 Å². The molecule has 7 nitrogen and oxygen atoms in total. The summed E-state index contributed by atoms with van der Waals surface area (Å²) < 4.78 is 83.7. The third-order valence-electron chi connectivity index (χ3n) is 8.87. The van der Waals surface area contributed by atoms with E-state index in [1.807, 2.05) is 0 Å². The lowest BCUT2D eigenvalue weighted by Crippen LogP contribution is -2.32. The van der Waals surface area contributed by atoms with E-state index in [-0.39, 0.29) is 30.6 Å². The van der Waals surface area contributed by atoms with Crippen LogP contribution in [0.25, 0.3) is 0 Å². The maximum atomic E-state index is 13.7. The normalized spacial score (nSPS) is 15.1. The van der Waals surface area contributed by atoms with E-state index in [0.717, 1.165) is 62.2 Å². The summed E-state index contributed by atoms with van der Waals surface area (Å²) >= 11 is 0. The van der Waals surface area contributed by atoms with E-state index >= 15 is 0 Å². The molecule has 0 spiro atoms. The molecule has 2 aliphatic carbocycles. The number of fused-ring (bicyclic) bond motifs is 1. The van der Waals surface area contributed by atoms with Gasteiger partial charge in [-0.15, -0.1) is 12.4 Å².